The van der Waals surface area contributed by atoms with Gasteiger partial charge in [0.1, 0.15) is 11.4 Å². The molecule has 0 bridgehead atoms. The van der Waals surface area contributed by atoms with Crippen LogP contribution >= 0.6 is 0 Å². The lowest BCUT2D eigenvalue weighted by molar-refractivity contribution is -0.120. The molecule has 108 valence electrons. The Morgan fingerprint density at radius 1 is 1.32 bits per heavy atom. The van der Waals surface area contributed by atoms with Crippen molar-refractivity contribution >= 4 is 11.9 Å². The number of nitrogens with zero attached hydrogens (tertiary/aromatic N) is 2. The molecule has 0 aliphatic rings. The van der Waals surface area contributed by atoms with Crippen molar-refractivity contribution in [2.24, 2.45) is 5.92 Å². The maximum absolute atomic E-state index is 12.1. The minimum Gasteiger partial charge on any atom is -0.444 e. The van der Waals surface area contributed by atoms with E-state index in [-0.39, 0.29) is 30.7 Å². The molecule has 2 atom stereocenters. The summed E-state index contributed by atoms with van der Waals surface area (Å²) in [6, 6.07) is 1.76. The summed E-state index contributed by atoms with van der Waals surface area (Å²) >= 11 is 0. The van der Waals surface area contributed by atoms with Crippen molar-refractivity contribution in [2.75, 3.05) is 6.54 Å². The molecule has 0 saturated heterocycles. The molecule has 0 fully saturated rings. The van der Waals surface area contributed by atoms with Gasteiger partial charge in [0.2, 0.25) is 0 Å². The van der Waals surface area contributed by atoms with Crippen molar-refractivity contribution in [1.82, 2.24) is 4.90 Å². The van der Waals surface area contributed by atoms with E-state index < -0.39 is 11.7 Å². The third kappa shape index (κ3) is 6.80. The number of amides is 1. The van der Waals surface area contributed by atoms with Gasteiger partial charge in [-0.1, -0.05) is 6.92 Å². The Balaban J connectivity index is 4.91. The number of carbonyl (C=O) groups excluding carboxylic acids is 2. The molecule has 0 N–H and O–H groups in total. The Hall–Kier alpha value is -1.57. The van der Waals surface area contributed by atoms with Gasteiger partial charge in [0.05, 0.1) is 12.5 Å². The Morgan fingerprint density at radius 3 is 2.21 bits per heavy atom. The minimum atomic E-state index is -0.596. The van der Waals surface area contributed by atoms with Crippen molar-refractivity contribution in [2.45, 2.75) is 59.6 Å². The van der Waals surface area contributed by atoms with Crippen LogP contribution in [0.15, 0.2) is 0 Å². The van der Waals surface area contributed by atoms with Crippen LogP contribution in [0.2, 0.25) is 0 Å². The average molecular weight is 268 g/mol. The predicted molar refractivity (Wildman–Crippen MR) is 72.5 cm³/mol. The summed E-state index contributed by atoms with van der Waals surface area (Å²) in [6.45, 7) is 10.7. The van der Waals surface area contributed by atoms with Gasteiger partial charge in [-0.2, -0.15) is 5.26 Å². The first-order chi connectivity index (χ1) is 8.58. The highest BCUT2D eigenvalue weighted by molar-refractivity contribution is 5.79. The van der Waals surface area contributed by atoms with Gasteiger partial charge in [0.15, 0.2) is 0 Å². The standard InChI is InChI=1S/C14H24N2O3/c1-10(12(3)17)9-16(11(2)7-8-15)13(18)19-14(4,5)6/h10-11H,7,9H2,1-6H3. The topological polar surface area (TPSA) is 70.4 Å². The second-order valence-electron chi connectivity index (χ2n) is 5.86. The molecule has 19 heavy (non-hydrogen) atoms. The molecule has 5 nitrogen and oxygen atoms in total. The van der Waals surface area contributed by atoms with Crippen molar-refractivity contribution < 1.29 is 14.3 Å². The van der Waals surface area contributed by atoms with E-state index >= 15 is 0 Å². The van der Waals surface area contributed by atoms with E-state index in [1.807, 2.05) is 6.07 Å². The maximum Gasteiger partial charge on any atom is 0.410 e. The monoisotopic (exact) mass is 268 g/mol. The fraction of sp³-hybridized carbons (Fsp3) is 0.786. The Labute approximate surface area is 115 Å². The zero-order valence-electron chi connectivity index (χ0n) is 12.7. The second kappa shape index (κ2) is 7.13. The van der Waals surface area contributed by atoms with E-state index in [4.69, 9.17) is 10.00 Å². The molecular formula is C14H24N2O3. The van der Waals surface area contributed by atoms with Gasteiger partial charge in [-0.3, -0.25) is 4.79 Å². The highest BCUT2D eigenvalue weighted by atomic mass is 16.6. The molecule has 0 aromatic heterocycles. The molecule has 0 rings (SSSR count). The molecule has 0 heterocycles. The van der Waals surface area contributed by atoms with Crippen LogP contribution in [0.3, 0.4) is 0 Å². The molecule has 1 amide bonds. The van der Waals surface area contributed by atoms with E-state index in [1.54, 1.807) is 34.6 Å². The average Bonchev–Trinajstić information content (AvgIpc) is 2.22. The Bertz CT molecular complexity index is 366. The van der Waals surface area contributed by atoms with Gasteiger partial charge in [0.25, 0.3) is 0 Å². The zero-order valence-corrected chi connectivity index (χ0v) is 12.7. The van der Waals surface area contributed by atoms with Crippen LogP contribution in [0.4, 0.5) is 4.79 Å². The van der Waals surface area contributed by atoms with Crippen LogP contribution in [0.5, 0.6) is 0 Å². The number of ether oxygens (including phenoxy) is 1. The Morgan fingerprint density at radius 2 is 1.84 bits per heavy atom. The Kier molecular flexibility index (Phi) is 6.54. The van der Waals surface area contributed by atoms with Crippen LogP contribution in [-0.2, 0) is 9.53 Å². The lowest BCUT2D eigenvalue weighted by atomic mass is 10.1. The molecule has 0 saturated carbocycles. The summed E-state index contributed by atoms with van der Waals surface area (Å²) in [4.78, 5) is 24.9. The van der Waals surface area contributed by atoms with Gasteiger partial charge in [0, 0.05) is 18.5 Å². The molecule has 0 aromatic rings. The van der Waals surface area contributed by atoms with Crippen LogP contribution in [0.25, 0.3) is 0 Å². The van der Waals surface area contributed by atoms with Gasteiger partial charge in [-0.05, 0) is 34.6 Å². The second-order valence-corrected chi connectivity index (χ2v) is 5.86. The van der Waals surface area contributed by atoms with Gasteiger partial charge >= 0.3 is 6.09 Å². The van der Waals surface area contributed by atoms with E-state index in [2.05, 4.69) is 0 Å². The van der Waals surface area contributed by atoms with Crippen molar-refractivity contribution in [3.05, 3.63) is 0 Å². The molecule has 2 unspecified atom stereocenters. The molecule has 0 radical (unpaired) electrons. The molecule has 0 spiro atoms. The first kappa shape index (κ1) is 17.4. The summed E-state index contributed by atoms with van der Waals surface area (Å²) in [5.41, 5.74) is -0.596. The predicted octanol–water partition coefficient (Wildman–Crippen LogP) is 2.75. The number of hydrogen-bond acceptors (Lipinski definition) is 4. The molecule has 0 aromatic carbocycles. The fourth-order valence-corrected chi connectivity index (χ4v) is 1.42. The number of rotatable bonds is 5. The van der Waals surface area contributed by atoms with Gasteiger partial charge in [-0.15, -0.1) is 0 Å². The number of hydrogen-bond donors (Lipinski definition) is 0. The first-order valence-corrected chi connectivity index (χ1v) is 6.45. The largest absolute Gasteiger partial charge is 0.444 e. The summed E-state index contributed by atoms with van der Waals surface area (Å²) in [7, 11) is 0. The number of ketones is 1. The van der Waals surface area contributed by atoms with E-state index in [9.17, 15) is 9.59 Å². The summed E-state index contributed by atoms with van der Waals surface area (Å²) in [6.07, 6.45) is -0.271. The van der Waals surface area contributed by atoms with Crippen molar-refractivity contribution in [1.29, 1.82) is 5.26 Å². The normalized spacial score (nSPS) is 14.2. The number of nitriles is 1. The minimum absolute atomic E-state index is 0.0118. The van der Waals surface area contributed by atoms with Crippen LogP contribution < -0.4 is 0 Å². The van der Waals surface area contributed by atoms with E-state index in [0.717, 1.165) is 0 Å². The summed E-state index contributed by atoms with van der Waals surface area (Å²) < 4.78 is 5.31. The molecule has 5 heteroatoms. The quantitative estimate of drug-likeness (QED) is 0.768. The van der Waals surface area contributed by atoms with Crippen LogP contribution in [0, 0.1) is 17.2 Å². The SMILES string of the molecule is CC(=O)C(C)CN(C(=O)OC(C)(C)C)C(C)CC#N. The molecule has 0 aliphatic carbocycles. The van der Waals surface area contributed by atoms with Crippen molar-refractivity contribution in [3.63, 3.8) is 0 Å². The first-order valence-electron chi connectivity index (χ1n) is 6.45. The molecular weight excluding hydrogens is 244 g/mol. The maximum atomic E-state index is 12.1. The smallest absolute Gasteiger partial charge is 0.410 e. The lowest BCUT2D eigenvalue weighted by Gasteiger charge is -2.32. The lowest BCUT2D eigenvalue weighted by Crippen LogP contribution is -2.45. The van der Waals surface area contributed by atoms with Gasteiger partial charge < -0.3 is 9.64 Å². The van der Waals surface area contributed by atoms with Crippen LogP contribution in [0.1, 0.15) is 48.0 Å². The van der Waals surface area contributed by atoms with Gasteiger partial charge in [-0.25, -0.2) is 4.79 Å². The third-order valence-corrected chi connectivity index (χ3v) is 2.71. The van der Waals surface area contributed by atoms with E-state index in [1.165, 1.54) is 11.8 Å². The highest BCUT2D eigenvalue weighted by Crippen LogP contribution is 2.15. The summed E-state index contributed by atoms with van der Waals surface area (Å²) in [5.74, 6) is -0.258. The van der Waals surface area contributed by atoms with Crippen LogP contribution in [-0.4, -0.2) is 35.0 Å². The molecule has 0 aliphatic heterocycles. The number of carbonyl (C=O) groups is 2. The zero-order chi connectivity index (χ0) is 15.2. The highest BCUT2D eigenvalue weighted by Gasteiger charge is 2.28. The van der Waals surface area contributed by atoms with E-state index in [0.29, 0.717) is 0 Å². The third-order valence-electron chi connectivity index (χ3n) is 2.71. The fourth-order valence-electron chi connectivity index (χ4n) is 1.42. The summed E-state index contributed by atoms with van der Waals surface area (Å²) in [5, 5.41) is 8.75. The van der Waals surface area contributed by atoms with Crippen molar-refractivity contribution in [3.8, 4) is 6.07 Å². The number of Topliss-reactive ketones (excluding diaryl/α,β-unsaturated/α-hetero) is 1.